The van der Waals surface area contributed by atoms with E-state index in [1.54, 1.807) is 0 Å². The highest BCUT2D eigenvalue weighted by atomic mass is 35.5. The molecule has 0 saturated heterocycles. The van der Waals surface area contributed by atoms with E-state index in [1.807, 2.05) is 0 Å². The van der Waals surface area contributed by atoms with Gasteiger partial charge in [-0.3, -0.25) is 0 Å². The fourth-order valence-corrected chi connectivity index (χ4v) is 2.84. The van der Waals surface area contributed by atoms with Gasteiger partial charge in [-0.15, -0.1) is 0 Å². The van der Waals surface area contributed by atoms with Crippen LogP contribution < -0.4 is 5.73 Å². The lowest BCUT2D eigenvalue weighted by Gasteiger charge is -2.18. The minimum atomic E-state index is -0.185. The number of quaternary nitrogens is 1. The molecule has 0 unspecified atom stereocenters. The van der Waals surface area contributed by atoms with Gasteiger partial charge in [0.1, 0.15) is 0 Å². The van der Waals surface area contributed by atoms with Crippen molar-refractivity contribution in [3.63, 3.8) is 0 Å². The molecule has 0 fully saturated rings. The van der Waals surface area contributed by atoms with E-state index in [2.05, 4.69) is 19.6 Å². The van der Waals surface area contributed by atoms with Gasteiger partial charge in [0.25, 0.3) is 0 Å². The van der Waals surface area contributed by atoms with Crippen molar-refractivity contribution in [1.82, 2.24) is 0 Å². The quantitative estimate of drug-likeness (QED) is 0.173. The van der Waals surface area contributed by atoms with Gasteiger partial charge in [0.2, 0.25) is 0 Å². The van der Waals surface area contributed by atoms with Crippen molar-refractivity contribution in [3.8, 4) is 0 Å². The van der Waals surface area contributed by atoms with Crippen molar-refractivity contribution >= 4 is 11.6 Å². The molecule has 1 nitrogen and oxygen atoms in total. The van der Waals surface area contributed by atoms with E-state index in [0.717, 1.165) is 12.8 Å². The van der Waals surface area contributed by atoms with E-state index in [-0.39, 0.29) is 12.4 Å². The first kappa shape index (κ1) is 22.5. The van der Waals surface area contributed by atoms with Crippen molar-refractivity contribution in [3.05, 3.63) is 7.43 Å². The zero-order valence-corrected chi connectivity index (χ0v) is 15.2. The molecule has 0 amide bonds. The highest BCUT2D eigenvalue weighted by molar-refractivity contribution is 6.22. The van der Waals surface area contributed by atoms with Crippen LogP contribution in [-0.4, -0.2) is 5.00 Å². The molecule has 0 aromatic heterocycles. The third-order valence-electron chi connectivity index (χ3n) is 3.96. The van der Waals surface area contributed by atoms with Crippen molar-refractivity contribution in [2.75, 3.05) is 0 Å². The van der Waals surface area contributed by atoms with Gasteiger partial charge in [-0.05, 0) is 12.8 Å². The molecule has 0 atom stereocenters. The fraction of sp³-hybridized carbons (Fsp3) is 0.944. The monoisotopic (exact) mass is 305 g/mol. The van der Waals surface area contributed by atoms with Gasteiger partial charge >= 0.3 is 0 Å². The lowest BCUT2D eigenvalue weighted by Crippen LogP contribution is -2.69. The lowest BCUT2D eigenvalue weighted by atomic mass is 10.0. The molecule has 3 N–H and O–H groups in total. The largest absolute Gasteiger partial charge is 0.358 e. The molecule has 0 aromatic rings. The van der Waals surface area contributed by atoms with Gasteiger partial charge < -0.3 is 13.2 Å². The summed E-state index contributed by atoms with van der Waals surface area (Å²) in [5, 5.41) is 0. The Morgan fingerprint density at radius 1 is 0.650 bits per heavy atom. The van der Waals surface area contributed by atoms with E-state index in [1.165, 1.54) is 77.0 Å². The van der Waals surface area contributed by atoms with Gasteiger partial charge in [0, 0.05) is 12.8 Å². The number of hydrogen-bond acceptors (Lipinski definition) is 0. The fourth-order valence-electron chi connectivity index (χ4n) is 2.57. The molecule has 0 heterocycles. The normalized spacial score (nSPS) is 11.4. The van der Waals surface area contributed by atoms with Crippen molar-refractivity contribution in [1.29, 1.82) is 0 Å². The Bertz CT molecular complexity index is 162. The maximum Gasteiger partial charge on any atom is 0.170 e. The van der Waals surface area contributed by atoms with E-state index in [4.69, 9.17) is 11.6 Å². The second kappa shape index (κ2) is 15.6. The molecule has 0 spiro atoms. The summed E-state index contributed by atoms with van der Waals surface area (Å²) < 4.78 is 0. The molecule has 0 bridgehead atoms. The molecule has 20 heavy (non-hydrogen) atoms. The van der Waals surface area contributed by atoms with Crippen LogP contribution in [0.3, 0.4) is 0 Å². The maximum atomic E-state index is 6.51. The molecule has 0 saturated carbocycles. The molecule has 2 heteroatoms. The number of hydrogen-bond donors (Lipinski definition) is 1. The average molecular weight is 306 g/mol. The van der Waals surface area contributed by atoms with Crippen LogP contribution in [0.25, 0.3) is 0 Å². The molecule has 0 aliphatic rings. The topological polar surface area (TPSA) is 27.6 Å². The van der Waals surface area contributed by atoms with Crippen LogP contribution in [0.15, 0.2) is 0 Å². The number of rotatable bonds is 14. The Kier molecular flexibility index (Phi) is 17.6. The maximum absolute atomic E-state index is 6.51. The summed E-state index contributed by atoms with van der Waals surface area (Å²) in [6.07, 6.45) is 18.3. The Morgan fingerprint density at radius 3 is 1.30 bits per heavy atom. The molecule has 0 aliphatic heterocycles. The van der Waals surface area contributed by atoms with Gasteiger partial charge in [0.15, 0.2) is 5.00 Å². The zero-order valence-electron chi connectivity index (χ0n) is 14.5. The Morgan fingerprint density at radius 2 is 0.950 bits per heavy atom. The second-order valence-electron chi connectivity index (χ2n) is 6.19. The highest BCUT2D eigenvalue weighted by Crippen LogP contribution is 2.22. The second-order valence-corrected chi connectivity index (χ2v) is 6.99. The molecule has 0 radical (unpaired) electrons. The van der Waals surface area contributed by atoms with E-state index >= 15 is 0 Å². The van der Waals surface area contributed by atoms with Gasteiger partial charge in [-0.2, -0.15) is 0 Å². The predicted molar refractivity (Wildman–Crippen MR) is 93.9 cm³/mol. The van der Waals surface area contributed by atoms with Crippen LogP contribution in [0.1, 0.15) is 104 Å². The molecule has 0 aromatic carbocycles. The predicted octanol–water partition coefficient (Wildman–Crippen LogP) is 6.11. The summed E-state index contributed by atoms with van der Waals surface area (Å²) in [5.41, 5.74) is 4.20. The third kappa shape index (κ3) is 16.3. The highest BCUT2D eigenvalue weighted by Gasteiger charge is 2.24. The first-order chi connectivity index (χ1) is 9.12. The number of alkyl halides is 1. The minimum absolute atomic E-state index is 0. The first-order valence-corrected chi connectivity index (χ1v) is 9.04. The SMILES string of the molecule is CCCCCCCCC([NH3+])(Cl)CCCCCCCC.[CH3-]. The van der Waals surface area contributed by atoms with Crippen LogP contribution in [0.2, 0.25) is 0 Å². The summed E-state index contributed by atoms with van der Waals surface area (Å²) in [6, 6.07) is 0. The van der Waals surface area contributed by atoms with Gasteiger partial charge in [-0.1, -0.05) is 89.7 Å². The Labute approximate surface area is 134 Å². The summed E-state index contributed by atoms with van der Waals surface area (Å²) in [4.78, 5) is -0.185. The smallest absolute Gasteiger partial charge is 0.170 e. The van der Waals surface area contributed by atoms with Crippen LogP contribution in [-0.2, 0) is 0 Å². The van der Waals surface area contributed by atoms with Crippen LogP contribution in [0.5, 0.6) is 0 Å². The molecular weight excluding hydrogens is 266 g/mol. The van der Waals surface area contributed by atoms with Crippen molar-refractivity contribution in [2.24, 2.45) is 0 Å². The molecule has 0 aliphatic carbocycles. The number of halogens is 1. The minimum Gasteiger partial charge on any atom is -0.358 e. The third-order valence-corrected chi connectivity index (χ3v) is 4.33. The first-order valence-electron chi connectivity index (χ1n) is 8.66. The van der Waals surface area contributed by atoms with Crippen LogP contribution >= 0.6 is 11.6 Å². The zero-order chi connectivity index (χ0) is 14.4. The van der Waals surface area contributed by atoms with Crippen LogP contribution in [0.4, 0.5) is 0 Å². The Hall–Kier alpha value is 0.250. The van der Waals surface area contributed by atoms with Crippen molar-refractivity contribution in [2.45, 2.75) is 109 Å². The van der Waals surface area contributed by atoms with E-state index < -0.39 is 0 Å². The van der Waals surface area contributed by atoms with E-state index in [9.17, 15) is 0 Å². The van der Waals surface area contributed by atoms with Crippen molar-refractivity contribution < 1.29 is 5.73 Å². The molecule has 124 valence electrons. The standard InChI is InChI=1S/C17H36ClN.CH3/c1-3-5-7-9-11-13-15-17(18,19)16-14-12-10-8-6-4-2;/h3-16,19H2,1-2H3;1H3/q;-1/p+1. The summed E-state index contributed by atoms with van der Waals surface area (Å²) >= 11 is 6.51. The lowest BCUT2D eigenvalue weighted by molar-refractivity contribution is -0.446. The summed E-state index contributed by atoms with van der Waals surface area (Å²) in [7, 11) is 0. The molecular formula is C18H40ClN. The summed E-state index contributed by atoms with van der Waals surface area (Å²) in [5.74, 6) is 0. The summed E-state index contributed by atoms with van der Waals surface area (Å²) in [6.45, 7) is 4.53. The van der Waals surface area contributed by atoms with Gasteiger partial charge in [-0.25, -0.2) is 0 Å². The Balaban J connectivity index is 0. The molecule has 0 rings (SSSR count). The average Bonchev–Trinajstić information content (AvgIpc) is 2.38. The van der Waals surface area contributed by atoms with Gasteiger partial charge in [0.05, 0.1) is 0 Å². The van der Waals surface area contributed by atoms with E-state index in [0.29, 0.717) is 0 Å². The number of unbranched alkanes of at least 4 members (excludes halogenated alkanes) is 10. The van der Waals surface area contributed by atoms with Crippen LogP contribution in [0, 0.1) is 7.43 Å².